The molecule has 3 nitrogen and oxygen atoms in total. The second-order valence-electron chi connectivity index (χ2n) is 7.36. The van der Waals surface area contributed by atoms with Gasteiger partial charge in [-0.05, 0) is 68.7 Å². The lowest BCUT2D eigenvalue weighted by Gasteiger charge is -2.26. The SMILES string of the molecule is Cl.O=C(NCCC1CCNC1)C1CC12CCCc1ccccc12. The van der Waals surface area contributed by atoms with Gasteiger partial charge in [0.05, 0.1) is 0 Å². The standard InChI is InChI=1S/C19H26N2O.ClH/c22-18(21-11-8-14-7-10-20-13-14)17-12-19(17)9-3-5-15-4-1-2-6-16(15)19;/h1-2,4,6,14,17,20H,3,5,7-13H2,(H,21,22);1H. The van der Waals surface area contributed by atoms with Gasteiger partial charge in [-0.2, -0.15) is 0 Å². The van der Waals surface area contributed by atoms with E-state index in [-0.39, 0.29) is 23.7 Å². The Bertz CT molecular complexity index is 570. The van der Waals surface area contributed by atoms with Crippen molar-refractivity contribution >= 4 is 18.3 Å². The Morgan fingerprint density at radius 3 is 3.04 bits per heavy atom. The van der Waals surface area contributed by atoms with Crippen LogP contribution in [0.3, 0.4) is 0 Å². The molecule has 0 aromatic heterocycles. The van der Waals surface area contributed by atoms with E-state index in [1.54, 1.807) is 0 Å². The molecule has 4 heteroatoms. The highest BCUT2D eigenvalue weighted by Gasteiger charge is 2.59. The second kappa shape index (κ2) is 6.82. The predicted molar refractivity (Wildman–Crippen MR) is 95.0 cm³/mol. The quantitative estimate of drug-likeness (QED) is 0.889. The Labute approximate surface area is 145 Å². The Balaban J connectivity index is 0.00000156. The van der Waals surface area contributed by atoms with Crippen LogP contribution in [-0.2, 0) is 16.6 Å². The molecule has 3 atom stereocenters. The lowest BCUT2D eigenvalue weighted by molar-refractivity contribution is -0.122. The maximum Gasteiger partial charge on any atom is 0.224 e. The third-order valence-corrected chi connectivity index (χ3v) is 6.03. The molecule has 0 radical (unpaired) electrons. The van der Waals surface area contributed by atoms with Crippen LogP contribution >= 0.6 is 12.4 Å². The van der Waals surface area contributed by atoms with Crippen LogP contribution in [0.15, 0.2) is 24.3 Å². The molecule has 2 N–H and O–H groups in total. The van der Waals surface area contributed by atoms with E-state index in [1.165, 1.54) is 36.8 Å². The monoisotopic (exact) mass is 334 g/mol. The molecule has 1 saturated carbocycles. The number of hydrogen-bond donors (Lipinski definition) is 2. The molecular weight excluding hydrogens is 308 g/mol. The minimum atomic E-state index is 0. The summed E-state index contributed by atoms with van der Waals surface area (Å²) in [6, 6.07) is 8.76. The number of rotatable bonds is 4. The average Bonchev–Trinajstić information content (AvgIpc) is 3.02. The summed E-state index contributed by atoms with van der Waals surface area (Å²) in [4.78, 5) is 12.5. The van der Waals surface area contributed by atoms with Gasteiger partial charge >= 0.3 is 0 Å². The normalized spacial score (nSPS) is 31.3. The molecule has 1 heterocycles. The van der Waals surface area contributed by atoms with Gasteiger partial charge in [-0.3, -0.25) is 4.79 Å². The van der Waals surface area contributed by atoms with Crippen molar-refractivity contribution in [3.05, 3.63) is 35.4 Å². The molecule has 1 amide bonds. The molecule has 3 aliphatic rings. The Morgan fingerprint density at radius 2 is 2.22 bits per heavy atom. The molecule has 23 heavy (non-hydrogen) atoms. The molecule has 2 fully saturated rings. The molecule has 1 spiro atoms. The van der Waals surface area contributed by atoms with E-state index < -0.39 is 0 Å². The maximum absolute atomic E-state index is 12.5. The first-order chi connectivity index (χ1) is 10.8. The summed E-state index contributed by atoms with van der Waals surface area (Å²) in [6.45, 7) is 3.11. The van der Waals surface area contributed by atoms with Crippen LogP contribution in [0.1, 0.15) is 43.2 Å². The fourth-order valence-electron chi connectivity index (χ4n) is 4.66. The summed E-state index contributed by atoms with van der Waals surface area (Å²) in [5.74, 6) is 1.27. The van der Waals surface area contributed by atoms with Crippen molar-refractivity contribution in [1.29, 1.82) is 0 Å². The molecule has 2 aliphatic carbocycles. The second-order valence-corrected chi connectivity index (χ2v) is 7.36. The lowest BCUT2D eigenvalue weighted by atomic mass is 9.78. The first-order valence-corrected chi connectivity index (χ1v) is 8.86. The van der Waals surface area contributed by atoms with Crippen molar-refractivity contribution in [3.63, 3.8) is 0 Å². The Hall–Kier alpha value is -1.06. The largest absolute Gasteiger partial charge is 0.356 e. The Morgan fingerprint density at radius 1 is 1.35 bits per heavy atom. The molecule has 0 bridgehead atoms. The number of halogens is 1. The smallest absolute Gasteiger partial charge is 0.224 e. The number of benzene rings is 1. The minimum Gasteiger partial charge on any atom is -0.356 e. The average molecular weight is 335 g/mol. The first kappa shape index (κ1) is 16.8. The maximum atomic E-state index is 12.5. The number of nitrogens with one attached hydrogen (secondary N) is 2. The molecule has 1 aromatic rings. The van der Waals surface area contributed by atoms with E-state index >= 15 is 0 Å². The van der Waals surface area contributed by atoms with Gasteiger partial charge in [0, 0.05) is 17.9 Å². The van der Waals surface area contributed by atoms with Gasteiger partial charge in [0.2, 0.25) is 5.91 Å². The van der Waals surface area contributed by atoms with E-state index in [0.717, 1.165) is 38.4 Å². The molecule has 1 aliphatic heterocycles. The van der Waals surface area contributed by atoms with Crippen LogP contribution in [0.25, 0.3) is 0 Å². The van der Waals surface area contributed by atoms with Gasteiger partial charge in [0.25, 0.3) is 0 Å². The lowest BCUT2D eigenvalue weighted by Crippen LogP contribution is -2.31. The van der Waals surface area contributed by atoms with Crippen LogP contribution in [0.5, 0.6) is 0 Å². The number of carbonyl (C=O) groups excluding carboxylic acids is 1. The van der Waals surface area contributed by atoms with E-state index in [0.29, 0.717) is 5.91 Å². The summed E-state index contributed by atoms with van der Waals surface area (Å²) in [5, 5.41) is 6.60. The molecule has 1 saturated heterocycles. The highest BCUT2D eigenvalue weighted by Crippen LogP contribution is 2.60. The van der Waals surface area contributed by atoms with Crippen molar-refractivity contribution < 1.29 is 4.79 Å². The molecule has 3 unspecified atom stereocenters. The fourth-order valence-corrected chi connectivity index (χ4v) is 4.66. The van der Waals surface area contributed by atoms with Crippen LogP contribution in [0.4, 0.5) is 0 Å². The Kier molecular flexibility index (Phi) is 4.98. The summed E-state index contributed by atoms with van der Waals surface area (Å²) < 4.78 is 0. The van der Waals surface area contributed by atoms with Crippen LogP contribution in [0, 0.1) is 11.8 Å². The van der Waals surface area contributed by atoms with Gasteiger partial charge in [0.1, 0.15) is 0 Å². The number of hydrogen-bond acceptors (Lipinski definition) is 2. The zero-order chi connectivity index (χ0) is 15.0. The zero-order valence-corrected chi connectivity index (χ0v) is 14.5. The van der Waals surface area contributed by atoms with Crippen molar-refractivity contribution in [2.75, 3.05) is 19.6 Å². The van der Waals surface area contributed by atoms with E-state index in [2.05, 4.69) is 34.9 Å². The number of fused-ring (bicyclic) bond motifs is 2. The zero-order valence-electron chi connectivity index (χ0n) is 13.6. The van der Waals surface area contributed by atoms with Gasteiger partial charge in [0.15, 0.2) is 0 Å². The summed E-state index contributed by atoms with van der Waals surface area (Å²) >= 11 is 0. The summed E-state index contributed by atoms with van der Waals surface area (Å²) in [5.41, 5.74) is 3.11. The first-order valence-electron chi connectivity index (χ1n) is 8.86. The third kappa shape index (κ3) is 3.14. The third-order valence-electron chi connectivity index (χ3n) is 6.03. The highest BCUT2D eigenvalue weighted by atomic mass is 35.5. The number of amides is 1. The van der Waals surface area contributed by atoms with Gasteiger partial charge in [-0.15, -0.1) is 12.4 Å². The van der Waals surface area contributed by atoms with E-state index in [4.69, 9.17) is 0 Å². The number of carbonyl (C=O) groups is 1. The van der Waals surface area contributed by atoms with Crippen molar-refractivity contribution in [3.8, 4) is 0 Å². The number of aryl methyl sites for hydroxylation is 1. The molecule has 126 valence electrons. The molecule has 1 aromatic carbocycles. The van der Waals surface area contributed by atoms with Crippen LogP contribution in [0.2, 0.25) is 0 Å². The van der Waals surface area contributed by atoms with Crippen molar-refractivity contribution in [2.45, 2.75) is 43.9 Å². The van der Waals surface area contributed by atoms with Gasteiger partial charge in [-0.25, -0.2) is 0 Å². The molecule has 4 rings (SSSR count). The summed E-state index contributed by atoms with van der Waals surface area (Å²) in [7, 11) is 0. The van der Waals surface area contributed by atoms with Crippen LogP contribution in [-0.4, -0.2) is 25.5 Å². The van der Waals surface area contributed by atoms with E-state index in [9.17, 15) is 4.79 Å². The molecular formula is C19H27ClN2O. The van der Waals surface area contributed by atoms with E-state index in [1.807, 2.05) is 0 Å². The van der Waals surface area contributed by atoms with Gasteiger partial charge < -0.3 is 10.6 Å². The predicted octanol–water partition coefficient (Wildman–Crippen LogP) is 2.82. The fraction of sp³-hybridized carbons (Fsp3) is 0.632. The highest BCUT2D eigenvalue weighted by molar-refractivity contribution is 5.85. The summed E-state index contributed by atoms with van der Waals surface area (Å²) in [6.07, 6.45) is 7.04. The van der Waals surface area contributed by atoms with Gasteiger partial charge in [-0.1, -0.05) is 24.3 Å². The van der Waals surface area contributed by atoms with Crippen molar-refractivity contribution in [2.24, 2.45) is 11.8 Å². The van der Waals surface area contributed by atoms with Crippen LogP contribution < -0.4 is 10.6 Å². The van der Waals surface area contributed by atoms with Crippen molar-refractivity contribution in [1.82, 2.24) is 10.6 Å². The minimum absolute atomic E-state index is 0. The topological polar surface area (TPSA) is 41.1 Å².